The van der Waals surface area contributed by atoms with E-state index in [9.17, 15) is 4.79 Å². The van der Waals surface area contributed by atoms with Gasteiger partial charge in [0.1, 0.15) is 11.4 Å². The van der Waals surface area contributed by atoms with E-state index >= 15 is 0 Å². The van der Waals surface area contributed by atoms with Crippen molar-refractivity contribution in [1.82, 2.24) is 5.48 Å². The molecule has 0 fully saturated rings. The predicted octanol–water partition coefficient (Wildman–Crippen LogP) is 3.04. The zero-order chi connectivity index (χ0) is 14.5. The number of carbonyl (C=O) groups is 1. The van der Waals surface area contributed by atoms with Gasteiger partial charge >= 0.3 is 0 Å². The van der Waals surface area contributed by atoms with Gasteiger partial charge in [-0.1, -0.05) is 19.1 Å². The Balaban J connectivity index is 2.62. The summed E-state index contributed by atoms with van der Waals surface area (Å²) in [7, 11) is 0. The smallest absolute Gasteiger partial charge is 0.240 e. The average Bonchev–Trinajstić information content (AvgIpc) is 2.26. The zero-order valence-corrected chi connectivity index (χ0v) is 12.3. The lowest BCUT2D eigenvalue weighted by atomic mass is 10.0. The first-order chi connectivity index (χ1) is 8.78. The van der Waals surface area contributed by atoms with Gasteiger partial charge in [0, 0.05) is 12.8 Å². The highest BCUT2D eigenvalue weighted by atomic mass is 16.6. The van der Waals surface area contributed by atoms with E-state index in [2.05, 4.69) is 5.48 Å². The van der Waals surface area contributed by atoms with Crippen molar-refractivity contribution in [2.45, 2.75) is 46.1 Å². The van der Waals surface area contributed by atoms with Gasteiger partial charge in [-0.25, -0.2) is 5.48 Å². The van der Waals surface area contributed by atoms with Crippen LogP contribution in [0.3, 0.4) is 0 Å². The van der Waals surface area contributed by atoms with Crippen molar-refractivity contribution >= 4 is 5.91 Å². The number of amides is 1. The Morgan fingerprint density at radius 2 is 2.05 bits per heavy atom. The van der Waals surface area contributed by atoms with Gasteiger partial charge in [-0.2, -0.15) is 0 Å². The molecule has 0 saturated carbocycles. The van der Waals surface area contributed by atoms with E-state index < -0.39 is 0 Å². The molecule has 106 valence electrons. The molecule has 4 heteroatoms. The molecule has 0 aliphatic carbocycles. The molecule has 0 saturated heterocycles. The Bertz CT molecular complexity index is 424. The first kappa shape index (κ1) is 15.5. The molecule has 1 atom stereocenters. The van der Waals surface area contributed by atoms with E-state index in [0.717, 1.165) is 11.3 Å². The van der Waals surface area contributed by atoms with Crippen molar-refractivity contribution in [3.63, 3.8) is 0 Å². The largest absolute Gasteiger partial charge is 0.488 e. The maximum atomic E-state index is 10.7. The van der Waals surface area contributed by atoms with E-state index in [1.807, 2.05) is 52.0 Å². The molecule has 0 heterocycles. The molecule has 1 N–H and O–H groups in total. The number of hydrogen-bond acceptors (Lipinski definition) is 3. The molecule has 0 unspecified atom stereocenters. The maximum absolute atomic E-state index is 10.7. The summed E-state index contributed by atoms with van der Waals surface area (Å²) in [5.41, 5.74) is 3.23. The Morgan fingerprint density at radius 1 is 1.37 bits per heavy atom. The zero-order valence-electron chi connectivity index (χ0n) is 12.3. The summed E-state index contributed by atoms with van der Waals surface area (Å²) in [5, 5.41) is 0. The van der Waals surface area contributed by atoms with Crippen LogP contribution in [0.25, 0.3) is 0 Å². The summed E-state index contributed by atoms with van der Waals surface area (Å²) >= 11 is 0. The number of ether oxygens (including phenoxy) is 1. The van der Waals surface area contributed by atoms with Crippen molar-refractivity contribution in [2.75, 3.05) is 6.61 Å². The predicted molar refractivity (Wildman–Crippen MR) is 75.0 cm³/mol. The molecule has 0 aliphatic rings. The van der Waals surface area contributed by atoms with Crippen LogP contribution in [-0.4, -0.2) is 18.1 Å². The van der Waals surface area contributed by atoms with Crippen LogP contribution in [0.5, 0.6) is 5.75 Å². The van der Waals surface area contributed by atoms with E-state index in [1.165, 1.54) is 6.92 Å². The fraction of sp³-hybridized carbons (Fsp3) is 0.533. The SMILES string of the molecule is CC(=O)NOC[C@H](C)c1cccc(OC(C)(C)C)c1. The highest BCUT2D eigenvalue weighted by Gasteiger charge is 2.13. The third kappa shape index (κ3) is 6.25. The van der Waals surface area contributed by atoms with Crippen LogP contribution in [0.4, 0.5) is 0 Å². The van der Waals surface area contributed by atoms with Gasteiger partial charge in [-0.15, -0.1) is 0 Å². The number of nitrogens with one attached hydrogen (secondary N) is 1. The van der Waals surface area contributed by atoms with E-state index in [4.69, 9.17) is 9.57 Å². The topological polar surface area (TPSA) is 47.6 Å². The molecular weight excluding hydrogens is 242 g/mol. The highest BCUT2D eigenvalue weighted by Crippen LogP contribution is 2.23. The minimum absolute atomic E-state index is 0.176. The minimum atomic E-state index is -0.214. The van der Waals surface area contributed by atoms with Gasteiger partial charge in [0.05, 0.1) is 6.61 Å². The second kappa shape index (κ2) is 6.57. The molecule has 0 radical (unpaired) electrons. The van der Waals surface area contributed by atoms with Crippen LogP contribution in [-0.2, 0) is 9.63 Å². The third-order valence-corrected chi connectivity index (χ3v) is 2.40. The summed E-state index contributed by atoms with van der Waals surface area (Å²) in [4.78, 5) is 15.8. The molecule has 0 aliphatic heterocycles. The molecule has 1 amide bonds. The van der Waals surface area contributed by atoms with Gasteiger partial charge in [0.15, 0.2) is 0 Å². The lowest BCUT2D eigenvalue weighted by molar-refractivity contribution is -0.131. The van der Waals surface area contributed by atoms with Crippen LogP contribution in [0.15, 0.2) is 24.3 Å². The first-order valence-corrected chi connectivity index (χ1v) is 6.45. The van der Waals surface area contributed by atoms with Crippen LogP contribution in [0.2, 0.25) is 0 Å². The molecule has 1 rings (SSSR count). The highest BCUT2D eigenvalue weighted by molar-refractivity contribution is 5.71. The van der Waals surface area contributed by atoms with Gasteiger partial charge in [-0.05, 0) is 38.5 Å². The van der Waals surface area contributed by atoms with Gasteiger partial charge < -0.3 is 4.74 Å². The second-order valence-electron chi connectivity index (χ2n) is 5.66. The van der Waals surface area contributed by atoms with Crippen molar-refractivity contribution < 1.29 is 14.4 Å². The number of benzene rings is 1. The van der Waals surface area contributed by atoms with Gasteiger partial charge in [-0.3, -0.25) is 9.63 Å². The summed E-state index contributed by atoms with van der Waals surface area (Å²) in [6.07, 6.45) is 0. The summed E-state index contributed by atoms with van der Waals surface area (Å²) in [6.45, 7) is 9.94. The molecular formula is C15H23NO3. The Hall–Kier alpha value is -1.55. The molecule has 19 heavy (non-hydrogen) atoms. The Morgan fingerprint density at radius 3 is 2.63 bits per heavy atom. The average molecular weight is 265 g/mol. The molecule has 1 aromatic rings. The molecule has 4 nitrogen and oxygen atoms in total. The first-order valence-electron chi connectivity index (χ1n) is 6.45. The number of rotatable bonds is 5. The summed E-state index contributed by atoms with van der Waals surface area (Å²) < 4.78 is 5.82. The van der Waals surface area contributed by atoms with Crippen LogP contribution in [0.1, 0.15) is 46.1 Å². The van der Waals surface area contributed by atoms with E-state index in [-0.39, 0.29) is 17.4 Å². The third-order valence-electron chi connectivity index (χ3n) is 2.40. The van der Waals surface area contributed by atoms with Crippen LogP contribution < -0.4 is 10.2 Å². The van der Waals surface area contributed by atoms with Crippen LogP contribution >= 0.6 is 0 Å². The van der Waals surface area contributed by atoms with Crippen molar-refractivity contribution in [3.05, 3.63) is 29.8 Å². The molecule has 1 aromatic carbocycles. The van der Waals surface area contributed by atoms with Crippen molar-refractivity contribution in [1.29, 1.82) is 0 Å². The standard InChI is InChI=1S/C15H23NO3/c1-11(10-18-16-12(2)17)13-7-6-8-14(9-13)19-15(3,4)5/h6-9,11H,10H2,1-5H3,(H,16,17)/t11-/m0/s1. The monoisotopic (exact) mass is 265 g/mol. The number of carbonyl (C=O) groups excluding carboxylic acids is 1. The van der Waals surface area contributed by atoms with E-state index in [1.54, 1.807) is 0 Å². The van der Waals surface area contributed by atoms with Crippen molar-refractivity contribution in [2.24, 2.45) is 0 Å². The summed E-state index contributed by atoms with van der Waals surface area (Å²) in [5.74, 6) is 0.823. The number of hydrogen-bond donors (Lipinski definition) is 1. The summed E-state index contributed by atoms with van der Waals surface area (Å²) in [6, 6.07) is 7.94. The van der Waals surface area contributed by atoms with Crippen molar-refractivity contribution in [3.8, 4) is 5.75 Å². The second-order valence-corrected chi connectivity index (χ2v) is 5.66. The quantitative estimate of drug-likeness (QED) is 0.832. The normalized spacial score (nSPS) is 12.9. The van der Waals surface area contributed by atoms with Crippen LogP contribution in [0, 0.1) is 0 Å². The molecule has 0 spiro atoms. The minimum Gasteiger partial charge on any atom is -0.488 e. The lowest BCUT2D eigenvalue weighted by Crippen LogP contribution is -2.23. The maximum Gasteiger partial charge on any atom is 0.240 e. The lowest BCUT2D eigenvalue weighted by Gasteiger charge is -2.22. The Labute approximate surface area is 115 Å². The number of hydroxylamine groups is 1. The fourth-order valence-electron chi connectivity index (χ4n) is 1.60. The Kier molecular flexibility index (Phi) is 5.36. The molecule has 0 bridgehead atoms. The van der Waals surface area contributed by atoms with E-state index in [0.29, 0.717) is 6.61 Å². The van der Waals surface area contributed by atoms with Gasteiger partial charge in [0.25, 0.3) is 0 Å². The van der Waals surface area contributed by atoms with Gasteiger partial charge in [0.2, 0.25) is 5.91 Å². The fourth-order valence-corrected chi connectivity index (χ4v) is 1.60. The molecule has 0 aromatic heterocycles.